The number of allylic oxidation sites excluding steroid dienone is 1. The molecule has 2 aliphatic rings. The Hall–Kier alpha value is -0.340. The molecule has 1 aliphatic heterocycles. The van der Waals surface area contributed by atoms with Crippen LogP contribution in [0.5, 0.6) is 0 Å². The van der Waals surface area contributed by atoms with E-state index in [0.29, 0.717) is 12.1 Å². The molecule has 2 nitrogen and oxygen atoms in total. The fraction of sp³-hybridized carbons (Fsp3) is 0.800. The van der Waals surface area contributed by atoms with Gasteiger partial charge in [-0.25, -0.2) is 0 Å². The molecule has 12 heavy (non-hydrogen) atoms. The van der Waals surface area contributed by atoms with Crippen LogP contribution in [0, 0.1) is 0 Å². The van der Waals surface area contributed by atoms with Crippen molar-refractivity contribution in [1.82, 2.24) is 5.32 Å². The minimum absolute atomic E-state index is 0.626. The summed E-state index contributed by atoms with van der Waals surface area (Å²) in [6.07, 6.45) is 9.51. The molecule has 1 fully saturated rings. The first kappa shape index (κ1) is 8.27. The maximum absolute atomic E-state index is 5.32. The molecule has 2 atom stereocenters. The average Bonchev–Trinajstić information content (AvgIpc) is 2.59. The lowest BCUT2D eigenvalue weighted by Crippen LogP contribution is -2.38. The summed E-state index contributed by atoms with van der Waals surface area (Å²) in [7, 11) is 0. The molecule has 2 unspecified atom stereocenters. The van der Waals surface area contributed by atoms with E-state index in [1.165, 1.54) is 25.7 Å². The summed E-state index contributed by atoms with van der Waals surface area (Å²) in [5.74, 6) is 0. The number of ether oxygens (including phenoxy) is 1. The summed E-state index contributed by atoms with van der Waals surface area (Å²) in [5.41, 5.74) is 0. The molecule has 0 spiro atoms. The molecule has 2 heteroatoms. The number of rotatable bonds is 2. The first-order valence-corrected chi connectivity index (χ1v) is 4.94. The van der Waals surface area contributed by atoms with Crippen LogP contribution in [0.2, 0.25) is 0 Å². The summed E-state index contributed by atoms with van der Waals surface area (Å²) in [6.45, 7) is 1.86. The smallest absolute Gasteiger partial charge is 0.0620 e. The Morgan fingerprint density at radius 3 is 2.83 bits per heavy atom. The fourth-order valence-corrected chi connectivity index (χ4v) is 1.94. The van der Waals surface area contributed by atoms with Crippen LogP contribution in [0.4, 0.5) is 0 Å². The first-order chi connectivity index (χ1) is 5.95. The van der Waals surface area contributed by atoms with Crippen molar-refractivity contribution < 1.29 is 4.74 Å². The molecule has 0 amide bonds. The lowest BCUT2D eigenvalue weighted by atomic mass is 10.0. The predicted octanol–water partition coefficient (Wildman–Crippen LogP) is 1.47. The Morgan fingerprint density at radius 1 is 1.17 bits per heavy atom. The minimum atomic E-state index is 0.626. The SMILES string of the molecule is C1=CCC(NC2CCOC2)CC1. The van der Waals surface area contributed by atoms with E-state index in [1.807, 2.05) is 0 Å². The van der Waals surface area contributed by atoms with Crippen LogP contribution in [0.1, 0.15) is 25.7 Å². The molecular weight excluding hydrogens is 150 g/mol. The summed E-state index contributed by atoms with van der Waals surface area (Å²) in [6, 6.07) is 1.34. The van der Waals surface area contributed by atoms with Gasteiger partial charge in [0.1, 0.15) is 0 Å². The van der Waals surface area contributed by atoms with Gasteiger partial charge in [0.15, 0.2) is 0 Å². The molecule has 0 bridgehead atoms. The Labute approximate surface area is 74.0 Å². The Bertz CT molecular complexity index is 161. The monoisotopic (exact) mass is 167 g/mol. The average molecular weight is 167 g/mol. The van der Waals surface area contributed by atoms with Crippen LogP contribution in [-0.4, -0.2) is 25.3 Å². The van der Waals surface area contributed by atoms with E-state index in [2.05, 4.69) is 17.5 Å². The van der Waals surface area contributed by atoms with Gasteiger partial charge in [-0.2, -0.15) is 0 Å². The quantitative estimate of drug-likeness (QED) is 0.629. The van der Waals surface area contributed by atoms with Crippen LogP contribution in [-0.2, 0) is 4.74 Å². The summed E-state index contributed by atoms with van der Waals surface area (Å²) in [4.78, 5) is 0. The highest BCUT2D eigenvalue weighted by atomic mass is 16.5. The zero-order chi connectivity index (χ0) is 8.23. The molecule has 0 saturated carbocycles. The van der Waals surface area contributed by atoms with Crippen molar-refractivity contribution in [3.63, 3.8) is 0 Å². The van der Waals surface area contributed by atoms with Crippen LogP contribution < -0.4 is 5.32 Å². The molecule has 68 valence electrons. The lowest BCUT2D eigenvalue weighted by Gasteiger charge is -2.22. The molecule has 0 radical (unpaired) electrons. The van der Waals surface area contributed by atoms with Crippen molar-refractivity contribution in [2.75, 3.05) is 13.2 Å². The Balaban J connectivity index is 1.74. The molecule has 1 heterocycles. The summed E-state index contributed by atoms with van der Waals surface area (Å²) < 4.78 is 5.32. The third kappa shape index (κ3) is 2.08. The van der Waals surface area contributed by atoms with E-state index in [0.717, 1.165) is 13.2 Å². The van der Waals surface area contributed by atoms with Crippen molar-refractivity contribution in [3.8, 4) is 0 Å². The Kier molecular flexibility index (Phi) is 2.79. The maximum Gasteiger partial charge on any atom is 0.0620 e. The second kappa shape index (κ2) is 4.06. The van der Waals surface area contributed by atoms with Crippen molar-refractivity contribution >= 4 is 0 Å². The molecule has 0 aromatic carbocycles. The molecule has 1 N–H and O–H groups in total. The second-order valence-electron chi connectivity index (χ2n) is 3.71. The third-order valence-electron chi connectivity index (χ3n) is 2.67. The highest BCUT2D eigenvalue weighted by Crippen LogP contribution is 2.13. The standard InChI is InChI=1S/C10H17NO/c1-2-4-9(5-3-1)11-10-6-7-12-8-10/h1-2,9-11H,3-8H2. The van der Waals surface area contributed by atoms with Gasteiger partial charge in [-0.05, 0) is 25.7 Å². The van der Waals surface area contributed by atoms with E-state index < -0.39 is 0 Å². The first-order valence-electron chi connectivity index (χ1n) is 4.94. The van der Waals surface area contributed by atoms with Crippen molar-refractivity contribution in [2.45, 2.75) is 37.8 Å². The summed E-state index contributed by atoms with van der Waals surface area (Å²) >= 11 is 0. The van der Waals surface area contributed by atoms with Crippen LogP contribution in [0.15, 0.2) is 12.2 Å². The zero-order valence-corrected chi connectivity index (χ0v) is 7.46. The van der Waals surface area contributed by atoms with Gasteiger partial charge in [0.25, 0.3) is 0 Å². The Morgan fingerprint density at radius 2 is 2.17 bits per heavy atom. The molecule has 1 aliphatic carbocycles. The predicted molar refractivity (Wildman–Crippen MR) is 49.1 cm³/mol. The van der Waals surface area contributed by atoms with Crippen LogP contribution in [0.3, 0.4) is 0 Å². The third-order valence-corrected chi connectivity index (χ3v) is 2.67. The molecule has 0 aromatic rings. The van der Waals surface area contributed by atoms with Gasteiger partial charge in [0.2, 0.25) is 0 Å². The largest absolute Gasteiger partial charge is 0.380 e. The van der Waals surface area contributed by atoms with E-state index in [1.54, 1.807) is 0 Å². The highest BCUT2D eigenvalue weighted by molar-refractivity contribution is 4.94. The fourth-order valence-electron chi connectivity index (χ4n) is 1.94. The van der Waals surface area contributed by atoms with Gasteiger partial charge in [-0.3, -0.25) is 0 Å². The normalized spacial score (nSPS) is 35.7. The van der Waals surface area contributed by atoms with Gasteiger partial charge in [0, 0.05) is 18.7 Å². The van der Waals surface area contributed by atoms with Gasteiger partial charge in [-0.15, -0.1) is 0 Å². The number of nitrogens with one attached hydrogen (secondary N) is 1. The minimum Gasteiger partial charge on any atom is -0.380 e. The van der Waals surface area contributed by atoms with Crippen molar-refractivity contribution in [1.29, 1.82) is 0 Å². The summed E-state index contributed by atoms with van der Waals surface area (Å²) in [5, 5.41) is 3.64. The van der Waals surface area contributed by atoms with Crippen molar-refractivity contribution in [2.24, 2.45) is 0 Å². The van der Waals surface area contributed by atoms with Crippen LogP contribution in [0.25, 0.3) is 0 Å². The topological polar surface area (TPSA) is 21.3 Å². The lowest BCUT2D eigenvalue weighted by molar-refractivity contribution is 0.187. The second-order valence-corrected chi connectivity index (χ2v) is 3.71. The number of hydrogen-bond donors (Lipinski definition) is 1. The van der Waals surface area contributed by atoms with Gasteiger partial charge in [0.05, 0.1) is 6.61 Å². The molecule has 0 aromatic heterocycles. The van der Waals surface area contributed by atoms with Crippen molar-refractivity contribution in [3.05, 3.63) is 12.2 Å². The van der Waals surface area contributed by atoms with Crippen LogP contribution >= 0.6 is 0 Å². The van der Waals surface area contributed by atoms with Gasteiger partial charge < -0.3 is 10.1 Å². The molecule has 2 rings (SSSR count). The zero-order valence-electron chi connectivity index (χ0n) is 7.46. The maximum atomic E-state index is 5.32. The van der Waals surface area contributed by atoms with Gasteiger partial charge in [-0.1, -0.05) is 12.2 Å². The molecule has 1 saturated heterocycles. The van der Waals surface area contributed by atoms with E-state index in [4.69, 9.17) is 4.74 Å². The van der Waals surface area contributed by atoms with E-state index in [-0.39, 0.29) is 0 Å². The highest BCUT2D eigenvalue weighted by Gasteiger charge is 2.19. The molecular formula is C10H17NO. The van der Waals surface area contributed by atoms with E-state index in [9.17, 15) is 0 Å². The van der Waals surface area contributed by atoms with Gasteiger partial charge >= 0.3 is 0 Å². The van der Waals surface area contributed by atoms with E-state index >= 15 is 0 Å². The number of hydrogen-bond acceptors (Lipinski definition) is 2.